The predicted octanol–water partition coefficient (Wildman–Crippen LogP) is 1.91. The van der Waals surface area contributed by atoms with Gasteiger partial charge in [-0.2, -0.15) is 5.10 Å². The topological polar surface area (TPSA) is 97.2 Å². The van der Waals surface area contributed by atoms with Crippen molar-refractivity contribution in [3.8, 4) is 0 Å². The molecule has 1 atom stereocenters. The molecule has 0 aliphatic carbocycles. The Labute approximate surface area is 159 Å². The van der Waals surface area contributed by atoms with Crippen molar-refractivity contribution < 1.29 is 13.2 Å². The molecule has 1 aromatic heterocycles. The number of fused-ring (bicyclic) bond motifs is 1. The van der Waals surface area contributed by atoms with E-state index in [1.807, 2.05) is 27.7 Å². The molecule has 9 heteroatoms. The molecule has 0 saturated carbocycles. The fourth-order valence-corrected chi connectivity index (χ4v) is 4.08. The largest absolute Gasteiger partial charge is 0.350 e. The second kappa shape index (κ2) is 6.95. The number of carbonyl (C=O) groups is 1. The molecule has 1 aromatic carbocycles. The second-order valence-corrected chi connectivity index (χ2v) is 9.33. The summed E-state index contributed by atoms with van der Waals surface area (Å²) < 4.78 is 27.6. The number of nitrogens with zero attached hydrogens (tertiary/aromatic N) is 4. The molecule has 0 spiro atoms. The van der Waals surface area contributed by atoms with E-state index >= 15 is 0 Å². The van der Waals surface area contributed by atoms with E-state index in [1.165, 1.54) is 10.6 Å². The van der Waals surface area contributed by atoms with Gasteiger partial charge >= 0.3 is 0 Å². The van der Waals surface area contributed by atoms with Gasteiger partial charge in [0.15, 0.2) is 5.82 Å². The lowest BCUT2D eigenvalue weighted by molar-refractivity contribution is 0.0943. The van der Waals surface area contributed by atoms with Crippen LogP contribution < -0.4 is 9.62 Å². The molecule has 2 aromatic rings. The molecule has 0 fully saturated rings. The lowest BCUT2D eigenvalue weighted by Crippen LogP contribution is -2.30. The van der Waals surface area contributed by atoms with Gasteiger partial charge in [0, 0.05) is 24.2 Å². The van der Waals surface area contributed by atoms with Crippen molar-refractivity contribution in [1.82, 2.24) is 20.1 Å². The number of rotatable bonds is 5. The maximum Gasteiger partial charge on any atom is 0.251 e. The van der Waals surface area contributed by atoms with Crippen LogP contribution in [-0.4, -0.2) is 47.9 Å². The molecule has 1 N–H and O–H groups in total. The van der Waals surface area contributed by atoms with Gasteiger partial charge < -0.3 is 5.32 Å². The van der Waals surface area contributed by atoms with Crippen molar-refractivity contribution in [2.45, 2.75) is 45.7 Å². The standard InChI is InChI=1S/C18H25N5O3S/c1-11(2)20-18(24)13-6-7-16-14(8-13)15(9-23(16)27(5,25)26)17-19-10-22(21-17)12(3)4/h6-8,10-12,15H,9H2,1-5H3,(H,20,24)/t15-/m1/s1. The Hall–Kier alpha value is -2.42. The first kappa shape index (κ1) is 19.3. The number of sulfonamides is 1. The van der Waals surface area contributed by atoms with E-state index in [0.717, 1.165) is 5.56 Å². The van der Waals surface area contributed by atoms with Crippen molar-refractivity contribution in [3.05, 3.63) is 41.5 Å². The summed E-state index contributed by atoms with van der Waals surface area (Å²) in [5.74, 6) is 0.0454. The minimum Gasteiger partial charge on any atom is -0.350 e. The van der Waals surface area contributed by atoms with E-state index in [4.69, 9.17) is 0 Å². The van der Waals surface area contributed by atoms with Crippen molar-refractivity contribution >= 4 is 21.6 Å². The first-order valence-corrected chi connectivity index (χ1v) is 10.8. The predicted molar refractivity (Wildman–Crippen MR) is 103 cm³/mol. The van der Waals surface area contributed by atoms with Crippen molar-refractivity contribution in [3.63, 3.8) is 0 Å². The van der Waals surface area contributed by atoms with Crippen molar-refractivity contribution in [2.24, 2.45) is 0 Å². The SMILES string of the molecule is CC(C)NC(=O)c1ccc2c(c1)[C@H](c1ncn(C(C)C)n1)CN2S(C)(=O)=O. The summed E-state index contributed by atoms with van der Waals surface area (Å²) in [6, 6.07) is 5.25. The van der Waals surface area contributed by atoms with Crippen LogP contribution in [0.15, 0.2) is 24.5 Å². The Kier molecular flexibility index (Phi) is 4.98. The smallest absolute Gasteiger partial charge is 0.251 e. The molecule has 0 unspecified atom stereocenters. The van der Waals surface area contributed by atoms with Crippen LogP contribution in [0.3, 0.4) is 0 Å². The molecule has 0 bridgehead atoms. The first-order chi connectivity index (χ1) is 12.6. The molecular formula is C18H25N5O3S. The van der Waals surface area contributed by atoms with Gasteiger partial charge in [-0.05, 0) is 51.5 Å². The van der Waals surface area contributed by atoms with E-state index in [1.54, 1.807) is 29.2 Å². The summed E-state index contributed by atoms with van der Waals surface area (Å²) in [5.41, 5.74) is 1.81. The van der Waals surface area contributed by atoms with Crippen molar-refractivity contribution in [1.29, 1.82) is 0 Å². The Morgan fingerprint density at radius 1 is 1.26 bits per heavy atom. The molecule has 2 heterocycles. The molecule has 1 aliphatic heterocycles. The Balaban J connectivity index is 2.06. The third-order valence-corrected chi connectivity index (χ3v) is 5.62. The number of carbonyl (C=O) groups excluding carboxylic acids is 1. The Morgan fingerprint density at radius 3 is 2.52 bits per heavy atom. The number of nitrogens with one attached hydrogen (secondary N) is 1. The highest BCUT2D eigenvalue weighted by Crippen LogP contribution is 2.40. The number of amides is 1. The molecule has 27 heavy (non-hydrogen) atoms. The highest BCUT2D eigenvalue weighted by atomic mass is 32.2. The van der Waals surface area contributed by atoms with E-state index in [0.29, 0.717) is 17.1 Å². The fraction of sp³-hybridized carbons (Fsp3) is 0.500. The van der Waals surface area contributed by atoms with Gasteiger partial charge in [-0.25, -0.2) is 13.4 Å². The average molecular weight is 391 g/mol. The highest BCUT2D eigenvalue weighted by molar-refractivity contribution is 7.92. The van der Waals surface area contributed by atoms with Gasteiger partial charge in [0.1, 0.15) is 6.33 Å². The minimum absolute atomic E-state index is 0.0116. The number of anilines is 1. The normalized spacial score (nSPS) is 16.9. The fourth-order valence-electron chi connectivity index (χ4n) is 3.14. The second-order valence-electron chi connectivity index (χ2n) is 7.42. The average Bonchev–Trinajstić information content (AvgIpc) is 3.17. The molecule has 146 valence electrons. The lowest BCUT2D eigenvalue weighted by atomic mass is 9.98. The quantitative estimate of drug-likeness (QED) is 0.840. The summed E-state index contributed by atoms with van der Waals surface area (Å²) in [7, 11) is -3.45. The Bertz CT molecular complexity index is 965. The van der Waals surface area contributed by atoms with Crippen LogP contribution in [0, 0.1) is 0 Å². The summed E-state index contributed by atoms with van der Waals surface area (Å²) in [6.45, 7) is 8.01. The maximum atomic E-state index is 12.4. The number of hydrogen-bond donors (Lipinski definition) is 1. The van der Waals surface area contributed by atoms with Crippen LogP contribution in [0.25, 0.3) is 0 Å². The Morgan fingerprint density at radius 2 is 1.96 bits per heavy atom. The van der Waals surface area contributed by atoms with Gasteiger partial charge in [0.25, 0.3) is 5.91 Å². The zero-order valence-corrected chi connectivity index (χ0v) is 17.0. The minimum atomic E-state index is -3.45. The van der Waals surface area contributed by atoms with Gasteiger partial charge in [0.05, 0.1) is 17.9 Å². The third kappa shape index (κ3) is 3.83. The lowest BCUT2D eigenvalue weighted by Gasteiger charge is -2.16. The number of aromatic nitrogens is 3. The summed E-state index contributed by atoms with van der Waals surface area (Å²) in [5, 5.41) is 7.37. The zero-order chi connectivity index (χ0) is 19.9. The molecule has 1 aliphatic rings. The molecule has 0 saturated heterocycles. The van der Waals surface area contributed by atoms with Crippen LogP contribution in [0.2, 0.25) is 0 Å². The van der Waals surface area contributed by atoms with E-state index in [2.05, 4.69) is 15.4 Å². The van der Waals surface area contributed by atoms with Crippen molar-refractivity contribution in [2.75, 3.05) is 17.1 Å². The zero-order valence-electron chi connectivity index (χ0n) is 16.2. The van der Waals surface area contributed by atoms with Crippen LogP contribution in [0.1, 0.15) is 61.4 Å². The van der Waals surface area contributed by atoms with E-state index in [-0.39, 0.29) is 30.5 Å². The third-order valence-electron chi connectivity index (χ3n) is 4.47. The molecule has 8 nitrogen and oxygen atoms in total. The van der Waals surface area contributed by atoms with Gasteiger partial charge in [-0.15, -0.1) is 0 Å². The van der Waals surface area contributed by atoms with Gasteiger partial charge in [-0.3, -0.25) is 13.8 Å². The van der Waals surface area contributed by atoms with Crippen LogP contribution in [0.5, 0.6) is 0 Å². The highest BCUT2D eigenvalue weighted by Gasteiger charge is 2.37. The summed E-state index contributed by atoms with van der Waals surface area (Å²) in [6.07, 6.45) is 2.83. The van der Waals surface area contributed by atoms with Gasteiger partial charge in [-0.1, -0.05) is 0 Å². The first-order valence-electron chi connectivity index (χ1n) is 8.91. The van der Waals surface area contributed by atoms with E-state index < -0.39 is 10.0 Å². The van der Waals surface area contributed by atoms with Crippen LogP contribution in [0.4, 0.5) is 5.69 Å². The van der Waals surface area contributed by atoms with Crippen LogP contribution in [-0.2, 0) is 10.0 Å². The monoisotopic (exact) mass is 391 g/mol. The number of hydrogen-bond acceptors (Lipinski definition) is 5. The molecule has 1 amide bonds. The molecular weight excluding hydrogens is 366 g/mol. The van der Waals surface area contributed by atoms with Gasteiger partial charge in [0.2, 0.25) is 10.0 Å². The summed E-state index contributed by atoms with van der Waals surface area (Å²) >= 11 is 0. The maximum absolute atomic E-state index is 12.4. The molecule has 3 rings (SSSR count). The van der Waals surface area contributed by atoms with E-state index in [9.17, 15) is 13.2 Å². The summed E-state index contributed by atoms with van der Waals surface area (Å²) in [4.78, 5) is 16.8. The van der Waals surface area contributed by atoms with Crippen LogP contribution >= 0.6 is 0 Å². The number of benzene rings is 1. The molecule has 0 radical (unpaired) electrons.